The first-order valence-electron chi connectivity index (χ1n) is 11.2. The standard InChI is InChI=1S/C24H36N4OS/c1-17-13-19-15-20(23(29)26-22(19)14-18(17)2)16-28(21-9-6-5-7-10-21)24(30)25-11-8-12-27(3)4/h13-15,21H,5-12,16H2,1-4H3,(H,25,30)(H,26,29). The van der Waals surface area contributed by atoms with Crippen LogP contribution in [0, 0.1) is 13.8 Å². The van der Waals surface area contributed by atoms with Crippen LogP contribution in [0.25, 0.3) is 10.9 Å². The summed E-state index contributed by atoms with van der Waals surface area (Å²) in [5.41, 5.74) is 4.11. The molecule has 2 N–H and O–H groups in total. The number of hydrogen-bond acceptors (Lipinski definition) is 3. The van der Waals surface area contributed by atoms with Gasteiger partial charge in [-0.1, -0.05) is 19.3 Å². The molecule has 0 saturated heterocycles. The molecule has 0 aliphatic heterocycles. The number of benzene rings is 1. The molecule has 0 spiro atoms. The highest BCUT2D eigenvalue weighted by atomic mass is 32.1. The van der Waals surface area contributed by atoms with Gasteiger partial charge in [0.1, 0.15) is 0 Å². The van der Waals surface area contributed by atoms with Gasteiger partial charge in [0.2, 0.25) is 0 Å². The summed E-state index contributed by atoms with van der Waals surface area (Å²) in [7, 11) is 4.17. The Bertz CT molecular complexity index is 931. The number of hydrogen-bond donors (Lipinski definition) is 2. The maximum absolute atomic E-state index is 12.9. The van der Waals surface area contributed by atoms with Gasteiger partial charge in [-0.05, 0) is 101 Å². The Kier molecular flexibility index (Phi) is 7.89. The molecule has 1 saturated carbocycles. The van der Waals surface area contributed by atoms with Crippen LogP contribution in [0.2, 0.25) is 0 Å². The number of nitrogens with zero attached hydrogens (tertiary/aromatic N) is 2. The molecule has 1 aromatic heterocycles. The van der Waals surface area contributed by atoms with Crippen molar-refractivity contribution in [2.24, 2.45) is 0 Å². The largest absolute Gasteiger partial charge is 0.363 e. The Morgan fingerprint density at radius 3 is 2.53 bits per heavy atom. The number of aryl methyl sites for hydroxylation is 2. The molecule has 1 aromatic carbocycles. The zero-order valence-electron chi connectivity index (χ0n) is 18.9. The Morgan fingerprint density at radius 2 is 1.83 bits per heavy atom. The van der Waals surface area contributed by atoms with Crippen LogP contribution in [0.3, 0.4) is 0 Å². The van der Waals surface area contributed by atoms with Crippen molar-refractivity contribution in [3.63, 3.8) is 0 Å². The van der Waals surface area contributed by atoms with Gasteiger partial charge < -0.3 is 20.1 Å². The minimum atomic E-state index is -0.0121. The van der Waals surface area contributed by atoms with Gasteiger partial charge in [-0.3, -0.25) is 4.79 Å². The number of rotatable bonds is 7. The maximum atomic E-state index is 12.9. The molecule has 6 heteroatoms. The van der Waals surface area contributed by atoms with Crippen LogP contribution in [-0.4, -0.2) is 53.1 Å². The van der Waals surface area contributed by atoms with Crippen LogP contribution >= 0.6 is 12.2 Å². The zero-order valence-corrected chi connectivity index (χ0v) is 19.7. The van der Waals surface area contributed by atoms with Crippen molar-refractivity contribution in [2.75, 3.05) is 27.2 Å². The molecule has 0 atom stereocenters. The van der Waals surface area contributed by atoms with Crippen molar-refractivity contribution in [3.8, 4) is 0 Å². The lowest BCUT2D eigenvalue weighted by atomic mass is 9.94. The molecule has 164 valence electrons. The summed E-state index contributed by atoms with van der Waals surface area (Å²) in [6.07, 6.45) is 7.09. The van der Waals surface area contributed by atoms with E-state index in [4.69, 9.17) is 12.2 Å². The second-order valence-electron chi connectivity index (χ2n) is 8.96. The molecule has 3 rings (SSSR count). The highest BCUT2D eigenvalue weighted by Gasteiger charge is 2.24. The lowest BCUT2D eigenvalue weighted by Crippen LogP contribution is -2.47. The fraction of sp³-hybridized carbons (Fsp3) is 0.583. The normalized spacial score (nSPS) is 15.0. The quantitative estimate of drug-likeness (QED) is 0.514. The van der Waals surface area contributed by atoms with Crippen molar-refractivity contribution in [1.82, 2.24) is 20.1 Å². The molecule has 1 heterocycles. The van der Waals surface area contributed by atoms with E-state index in [1.54, 1.807) is 0 Å². The highest BCUT2D eigenvalue weighted by molar-refractivity contribution is 7.80. The van der Waals surface area contributed by atoms with E-state index < -0.39 is 0 Å². The van der Waals surface area contributed by atoms with Gasteiger partial charge in [-0.2, -0.15) is 0 Å². The molecule has 1 aliphatic carbocycles. The summed E-state index contributed by atoms with van der Waals surface area (Å²) >= 11 is 5.80. The number of nitrogens with one attached hydrogen (secondary N) is 2. The van der Waals surface area contributed by atoms with Gasteiger partial charge in [0.25, 0.3) is 5.56 Å². The van der Waals surface area contributed by atoms with Crippen molar-refractivity contribution < 1.29 is 0 Å². The van der Waals surface area contributed by atoms with Gasteiger partial charge >= 0.3 is 0 Å². The lowest BCUT2D eigenvalue weighted by Gasteiger charge is -2.36. The monoisotopic (exact) mass is 428 g/mol. The lowest BCUT2D eigenvalue weighted by molar-refractivity contribution is 0.234. The zero-order chi connectivity index (χ0) is 21.7. The molecule has 1 aliphatic rings. The molecule has 0 unspecified atom stereocenters. The van der Waals surface area contributed by atoms with Crippen LogP contribution in [0.1, 0.15) is 55.2 Å². The summed E-state index contributed by atoms with van der Waals surface area (Å²) in [6.45, 7) is 6.63. The van der Waals surface area contributed by atoms with Crippen molar-refractivity contribution >= 4 is 28.2 Å². The predicted molar refractivity (Wildman–Crippen MR) is 130 cm³/mol. The van der Waals surface area contributed by atoms with E-state index in [0.717, 1.165) is 53.9 Å². The summed E-state index contributed by atoms with van der Waals surface area (Å²) in [4.78, 5) is 20.4. The first-order valence-corrected chi connectivity index (χ1v) is 11.6. The first-order chi connectivity index (χ1) is 14.3. The number of aromatic nitrogens is 1. The van der Waals surface area contributed by atoms with Crippen molar-refractivity contribution in [1.29, 1.82) is 0 Å². The van der Waals surface area contributed by atoms with Crippen molar-refractivity contribution in [2.45, 2.75) is 65.0 Å². The summed E-state index contributed by atoms with van der Waals surface area (Å²) in [5, 5.41) is 5.31. The topological polar surface area (TPSA) is 51.4 Å². The van der Waals surface area contributed by atoms with E-state index in [1.165, 1.54) is 30.4 Å². The maximum Gasteiger partial charge on any atom is 0.253 e. The van der Waals surface area contributed by atoms with Crippen molar-refractivity contribution in [3.05, 3.63) is 45.2 Å². The molecule has 0 bridgehead atoms. The van der Waals surface area contributed by atoms with Gasteiger partial charge in [0.15, 0.2) is 5.11 Å². The molecular weight excluding hydrogens is 392 g/mol. The summed E-state index contributed by atoms with van der Waals surface area (Å²) in [6, 6.07) is 6.67. The van der Waals surface area contributed by atoms with E-state index >= 15 is 0 Å². The van der Waals surface area contributed by atoms with Crippen LogP contribution < -0.4 is 10.9 Å². The number of thiocarbonyl (C=S) groups is 1. The molecular formula is C24H36N4OS. The third-order valence-corrected chi connectivity index (χ3v) is 6.59. The summed E-state index contributed by atoms with van der Waals surface area (Å²) < 4.78 is 0. The van der Waals surface area contributed by atoms with Crippen LogP contribution in [0.4, 0.5) is 0 Å². The SMILES string of the molecule is Cc1cc2cc(CN(C(=S)NCCCN(C)C)C3CCCCC3)c(=O)[nH]c2cc1C. The molecule has 2 aromatic rings. The van der Waals surface area contributed by atoms with E-state index in [0.29, 0.717) is 12.6 Å². The summed E-state index contributed by atoms with van der Waals surface area (Å²) in [5.74, 6) is 0. The van der Waals surface area contributed by atoms with Gasteiger partial charge in [0, 0.05) is 23.7 Å². The second-order valence-corrected chi connectivity index (χ2v) is 9.34. The smallest absolute Gasteiger partial charge is 0.253 e. The van der Waals surface area contributed by atoms with E-state index in [9.17, 15) is 4.79 Å². The van der Waals surface area contributed by atoms with Gasteiger partial charge in [-0.25, -0.2) is 0 Å². The fourth-order valence-corrected chi connectivity index (χ4v) is 4.59. The van der Waals surface area contributed by atoms with Crippen LogP contribution in [0.5, 0.6) is 0 Å². The van der Waals surface area contributed by atoms with E-state index in [-0.39, 0.29) is 5.56 Å². The van der Waals surface area contributed by atoms with Crippen LogP contribution in [-0.2, 0) is 6.54 Å². The Morgan fingerprint density at radius 1 is 1.13 bits per heavy atom. The minimum Gasteiger partial charge on any atom is -0.363 e. The fourth-order valence-electron chi connectivity index (χ4n) is 4.27. The van der Waals surface area contributed by atoms with Gasteiger partial charge in [-0.15, -0.1) is 0 Å². The Hall–Kier alpha value is -1.92. The number of pyridine rings is 1. The number of H-pyrrole nitrogens is 1. The highest BCUT2D eigenvalue weighted by Crippen LogP contribution is 2.25. The average Bonchev–Trinajstić information content (AvgIpc) is 2.71. The van der Waals surface area contributed by atoms with E-state index in [2.05, 4.69) is 60.2 Å². The number of fused-ring (bicyclic) bond motifs is 1. The Balaban J connectivity index is 1.81. The van der Waals surface area contributed by atoms with Gasteiger partial charge in [0.05, 0.1) is 6.54 Å². The second kappa shape index (κ2) is 10.4. The third-order valence-electron chi connectivity index (χ3n) is 6.21. The Labute approximate surface area is 185 Å². The third kappa shape index (κ3) is 5.82. The average molecular weight is 429 g/mol. The number of aromatic amines is 1. The molecule has 0 radical (unpaired) electrons. The molecule has 1 fully saturated rings. The molecule has 0 amide bonds. The predicted octanol–water partition coefficient (Wildman–Crippen LogP) is 4.11. The molecule has 30 heavy (non-hydrogen) atoms. The van der Waals surface area contributed by atoms with E-state index in [1.807, 2.05) is 6.07 Å². The minimum absolute atomic E-state index is 0.0121. The van der Waals surface area contributed by atoms with Crippen LogP contribution in [0.15, 0.2) is 23.0 Å². The first kappa shape index (κ1) is 22.8. The molecule has 5 nitrogen and oxygen atoms in total.